The normalized spacial score (nSPS) is 15.7. The lowest BCUT2D eigenvalue weighted by Gasteiger charge is -2.23. The highest BCUT2D eigenvalue weighted by Crippen LogP contribution is 2.21. The van der Waals surface area contributed by atoms with Crippen LogP contribution in [-0.2, 0) is 0 Å². The van der Waals surface area contributed by atoms with Crippen LogP contribution in [0.15, 0.2) is 24.3 Å². The summed E-state index contributed by atoms with van der Waals surface area (Å²) in [7, 11) is 0. The highest BCUT2D eigenvalue weighted by Gasteiger charge is 2.22. The fraction of sp³-hybridized carbons (Fsp3) is 0.500. The number of nitrogens with one attached hydrogen (secondary N) is 2. The maximum Gasteiger partial charge on any atom is 0.278 e. The minimum Gasteiger partial charge on any atom is -0.321 e. The number of carbonyl (C=O) groups excluding carboxylic acids is 1. The number of aromatic nitrogens is 3. The molecule has 0 radical (unpaired) electrons. The smallest absolute Gasteiger partial charge is 0.278 e. The maximum atomic E-state index is 12.5. The molecule has 6 heteroatoms. The third kappa shape index (κ3) is 3.48. The van der Waals surface area contributed by atoms with Gasteiger partial charge in [-0.2, -0.15) is 0 Å². The Bertz CT molecular complexity index is 699. The second-order valence-corrected chi connectivity index (χ2v) is 6.68. The highest BCUT2D eigenvalue weighted by atomic mass is 16.2. The van der Waals surface area contributed by atoms with Gasteiger partial charge in [-0.05, 0) is 56.5 Å². The Hall–Kier alpha value is -2.21. The van der Waals surface area contributed by atoms with Gasteiger partial charge in [0.25, 0.3) is 5.91 Å². The second-order valence-electron chi connectivity index (χ2n) is 6.68. The SMILES string of the molecule is Cc1c(C(=O)Nc2ccc(C(C)C)cc2)nnn1C1CCNCC1. The predicted octanol–water partition coefficient (Wildman–Crippen LogP) is 2.89. The van der Waals surface area contributed by atoms with E-state index in [9.17, 15) is 4.79 Å². The van der Waals surface area contributed by atoms with Crippen molar-refractivity contribution in [3.05, 3.63) is 41.2 Å². The van der Waals surface area contributed by atoms with Gasteiger partial charge in [-0.3, -0.25) is 4.79 Å². The molecule has 0 spiro atoms. The summed E-state index contributed by atoms with van der Waals surface area (Å²) in [5.41, 5.74) is 3.26. The molecule has 3 rings (SSSR count). The molecule has 0 aliphatic carbocycles. The van der Waals surface area contributed by atoms with Gasteiger partial charge in [0, 0.05) is 5.69 Å². The summed E-state index contributed by atoms with van der Waals surface area (Å²) in [5, 5.41) is 14.6. The maximum absolute atomic E-state index is 12.5. The van der Waals surface area contributed by atoms with Gasteiger partial charge in [-0.1, -0.05) is 31.2 Å². The van der Waals surface area contributed by atoms with Gasteiger partial charge in [0.05, 0.1) is 11.7 Å². The van der Waals surface area contributed by atoms with E-state index in [0.717, 1.165) is 37.3 Å². The number of piperidine rings is 1. The number of hydrogen-bond donors (Lipinski definition) is 2. The molecule has 1 saturated heterocycles. The van der Waals surface area contributed by atoms with Crippen LogP contribution in [0.4, 0.5) is 5.69 Å². The van der Waals surface area contributed by atoms with Gasteiger partial charge in [-0.15, -0.1) is 5.10 Å². The zero-order chi connectivity index (χ0) is 17.1. The van der Waals surface area contributed by atoms with Crippen LogP contribution in [0, 0.1) is 6.92 Å². The van der Waals surface area contributed by atoms with Crippen LogP contribution in [0.5, 0.6) is 0 Å². The van der Waals surface area contributed by atoms with Crippen molar-refractivity contribution in [2.45, 2.75) is 45.6 Å². The number of hydrogen-bond acceptors (Lipinski definition) is 4. The Morgan fingerprint density at radius 3 is 2.54 bits per heavy atom. The number of benzene rings is 1. The van der Waals surface area contributed by atoms with Crippen molar-refractivity contribution in [3.63, 3.8) is 0 Å². The van der Waals surface area contributed by atoms with Gasteiger partial charge < -0.3 is 10.6 Å². The van der Waals surface area contributed by atoms with Crippen molar-refractivity contribution in [2.75, 3.05) is 18.4 Å². The lowest BCUT2D eigenvalue weighted by molar-refractivity contribution is 0.102. The number of carbonyl (C=O) groups is 1. The van der Waals surface area contributed by atoms with E-state index in [2.05, 4.69) is 34.8 Å². The summed E-state index contributed by atoms with van der Waals surface area (Å²) in [6.45, 7) is 8.17. The molecule has 0 atom stereocenters. The summed E-state index contributed by atoms with van der Waals surface area (Å²) in [6, 6.07) is 8.27. The van der Waals surface area contributed by atoms with Crippen LogP contribution in [0.3, 0.4) is 0 Å². The first-order valence-corrected chi connectivity index (χ1v) is 8.60. The molecule has 24 heavy (non-hydrogen) atoms. The number of rotatable bonds is 4. The van der Waals surface area contributed by atoms with Gasteiger partial charge in [0.15, 0.2) is 5.69 Å². The fourth-order valence-corrected chi connectivity index (χ4v) is 3.09. The van der Waals surface area contributed by atoms with E-state index in [0.29, 0.717) is 17.7 Å². The van der Waals surface area contributed by atoms with Crippen molar-refractivity contribution in [3.8, 4) is 0 Å². The molecule has 1 aromatic carbocycles. The molecule has 2 aromatic rings. The third-order valence-corrected chi connectivity index (χ3v) is 4.63. The van der Waals surface area contributed by atoms with Crippen LogP contribution < -0.4 is 10.6 Å². The molecule has 1 amide bonds. The fourth-order valence-electron chi connectivity index (χ4n) is 3.09. The first kappa shape index (κ1) is 16.6. The molecule has 6 nitrogen and oxygen atoms in total. The second kappa shape index (κ2) is 7.13. The zero-order valence-corrected chi connectivity index (χ0v) is 14.5. The third-order valence-electron chi connectivity index (χ3n) is 4.63. The molecule has 1 fully saturated rings. The molecule has 1 aromatic heterocycles. The number of nitrogens with zero attached hydrogens (tertiary/aromatic N) is 3. The Kier molecular flexibility index (Phi) is 4.94. The minimum atomic E-state index is -0.204. The Labute approximate surface area is 142 Å². The van der Waals surface area contributed by atoms with E-state index in [1.807, 2.05) is 35.9 Å². The van der Waals surface area contributed by atoms with Crippen molar-refractivity contribution >= 4 is 11.6 Å². The molecular weight excluding hydrogens is 302 g/mol. The minimum absolute atomic E-state index is 0.204. The van der Waals surface area contributed by atoms with Crippen LogP contribution in [0.2, 0.25) is 0 Å². The summed E-state index contributed by atoms with van der Waals surface area (Å²) in [6.07, 6.45) is 2.03. The molecule has 0 saturated carbocycles. The van der Waals surface area contributed by atoms with E-state index in [-0.39, 0.29) is 5.91 Å². The van der Waals surface area contributed by atoms with E-state index >= 15 is 0 Å². The monoisotopic (exact) mass is 327 g/mol. The summed E-state index contributed by atoms with van der Waals surface area (Å²) in [4.78, 5) is 12.5. The summed E-state index contributed by atoms with van der Waals surface area (Å²) in [5.74, 6) is 0.270. The molecule has 2 N–H and O–H groups in total. The number of anilines is 1. The van der Waals surface area contributed by atoms with Gasteiger partial charge in [0.1, 0.15) is 0 Å². The van der Waals surface area contributed by atoms with Crippen molar-refractivity contribution in [1.29, 1.82) is 0 Å². The van der Waals surface area contributed by atoms with E-state index in [4.69, 9.17) is 0 Å². The van der Waals surface area contributed by atoms with Crippen LogP contribution in [0.25, 0.3) is 0 Å². The standard InChI is InChI=1S/C18H25N5O/c1-12(2)14-4-6-15(7-5-14)20-18(24)17-13(3)23(22-21-17)16-8-10-19-11-9-16/h4-7,12,16,19H,8-11H2,1-3H3,(H,20,24). The average Bonchev–Trinajstić information content (AvgIpc) is 2.98. The van der Waals surface area contributed by atoms with Crippen molar-refractivity contribution < 1.29 is 4.79 Å². The van der Waals surface area contributed by atoms with E-state index in [1.165, 1.54) is 5.56 Å². The zero-order valence-electron chi connectivity index (χ0n) is 14.5. The average molecular weight is 327 g/mol. The van der Waals surface area contributed by atoms with Crippen molar-refractivity contribution in [1.82, 2.24) is 20.3 Å². The van der Waals surface area contributed by atoms with E-state index in [1.54, 1.807) is 0 Å². The molecular formula is C18H25N5O. The molecule has 0 unspecified atom stereocenters. The Morgan fingerprint density at radius 1 is 1.25 bits per heavy atom. The largest absolute Gasteiger partial charge is 0.321 e. The molecule has 0 bridgehead atoms. The molecule has 128 valence electrons. The lowest BCUT2D eigenvalue weighted by atomic mass is 10.0. The highest BCUT2D eigenvalue weighted by molar-refractivity contribution is 6.03. The predicted molar refractivity (Wildman–Crippen MR) is 94.4 cm³/mol. The Morgan fingerprint density at radius 2 is 1.92 bits per heavy atom. The van der Waals surface area contributed by atoms with Gasteiger partial charge in [0.2, 0.25) is 0 Å². The number of amides is 1. The van der Waals surface area contributed by atoms with Crippen molar-refractivity contribution in [2.24, 2.45) is 0 Å². The quantitative estimate of drug-likeness (QED) is 0.906. The Balaban J connectivity index is 1.72. The first-order valence-electron chi connectivity index (χ1n) is 8.60. The van der Waals surface area contributed by atoms with Crippen LogP contribution >= 0.6 is 0 Å². The van der Waals surface area contributed by atoms with Gasteiger partial charge in [-0.25, -0.2) is 4.68 Å². The van der Waals surface area contributed by atoms with Crippen LogP contribution in [0.1, 0.15) is 60.4 Å². The lowest BCUT2D eigenvalue weighted by Crippen LogP contribution is -2.30. The molecule has 1 aliphatic heterocycles. The van der Waals surface area contributed by atoms with E-state index < -0.39 is 0 Å². The van der Waals surface area contributed by atoms with Gasteiger partial charge >= 0.3 is 0 Å². The summed E-state index contributed by atoms with van der Waals surface area (Å²) < 4.78 is 1.90. The first-order chi connectivity index (χ1) is 11.6. The topological polar surface area (TPSA) is 71.8 Å². The summed E-state index contributed by atoms with van der Waals surface area (Å²) >= 11 is 0. The molecule has 2 heterocycles. The van der Waals surface area contributed by atoms with Crippen LogP contribution in [-0.4, -0.2) is 34.0 Å². The molecule has 1 aliphatic rings.